The molecule has 1 N–H and O–H groups in total. The molecule has 140 valence electrons. The van der Waals surface area contributed by atoms with E-state index >= 15 is 0 Å². The summed E-state index contributed by atoms with van der Waals surface area (Å²) in [6.07, 6.45) is 1.49. The summed E-state index contributed by atoms with van der Waals surface area (Å²) in [5, 5.41) is 4.74. The molecule has 0 aliphatic heterocycles. The Bertz CT molecular complexity index is 1010. The summed E-state index contributed by atoms with van der Waals surface area (Å²) in [5.74, 6) is 1.35. The largest absolute Gasteiger partial charge is 0.493 e. The molecule has 0 aliphatic carbocycles. The molecule has 3 aromatic rings. The van der Waals surface area contributed by atoms with E-state index in [4.69, 9.17) is 18.6 Å². The predicted molar refractivity (Wildman–Crippen MR) is 105 cm³/mol. The molecule has 1 aromatic heterocycles. The van der Waals surface area contributed by atoms with Gasteiger partial charge in [-0.2, -0.15) is 5.10 Å². The minimum absolute atomic E-state index is 0.139. The molecule has 0 saturated carbocycles. The summed E-state index contributed by atoms with van der Waals surface area (Å²) < 4.78 is 22.1. The highest BCUT2D eigenvalue weighted by Gasteiger charge is 2.14. The van der Waals surface area contributed by atoms with Gasteiger partial charge in [-0.05, 0) is 45.8 Å². The molecule has 8 heteroatoms. The molecule has 0 atom stereocenters. The van der Waals surface area contributed by atoms with Crippen molar-refractivity contribution in [2.24, 2.45) is 5.10 Å². The van der Waals surface area contributed by atoms with E-state index < -0.39 is 5.91 Å². The van der Waals surface area contributed by atoms with Gasteiger partial charge < -0.3 is 18.6 Å². The van der Waals surface area contributed by atoms with Gasteiger partial charge >= 0.3 is 5.91 Å². The van der Waals surface area contributed by atoms with Crippen molar-refractivity contribution >= 4 is 39.0 Å². The summed E-state index contributed by atoms with van der Waals surface area (Å²) in [5.41, 5.74) is 3.67. The van der Waals surface area contributed by atoms with Crippen LogP contribution in [0.2, 0.25) is 0 Å². The van der Waals surface area contributed by atoms with Crippen LogP contribution in [-0.4, -0.2) is 33.5 Å². The summed E-state index contributed by atoms with van der Waals surface area (Å²) in [4.78, 5) is 12.3. The number of furan rings is 1. The first-order valence-corrected chi connectivity index (χ1v) is 8.68. The molecule has 2 aromatic carbocycles. The van der Waals surface area contributed by atoms with Gasteiger partial charge in [-0.3, -0.25) is 4.79 Å². The van der Waals surface area contributed by atoms with E-state index in [0.717, 1.165) is 5.39 Å². The fourth-order valence-corrected chi connectivity index (χ4v) is 3.16. The van der Waals surface area contributed by atoms with E-state index in [1.54, 1.807) is 45.6 Å². The van der Waals surface area contributed by atoms with Crippen LogP contribution in [-0.2, 0) is 0 Å². The number of benzene rings is 2. The summed E-state index contributed by atoms with van der Waals surface area (Å²) in [7, 11) is 4.64. The van der Waals surface area contributed by atoms with Crippen molar-refractivity contribution in [1.29, 1.82) is 0 Å². The second kappa shape index (κ2) is 8.13. The molecular formula is C19H17BrN2O5. The van der Waals surface area contributed by atoms with E-state index in [-0.39, 0.29) is 5.76 Å². The number of carbonyl (C=O) groups excluding carboxylic acids is 1. The normalized spacial score (nSPS) is 11.0. The minimum atomic E-state index is -0.468. The molecular weight excluding hydrogens is 416 g/mol. The SMILES string of the molecule is COc1cc(/C=N\NC(=O)c2cc3cccc(OC)c3o2)cc(Br)c1OC. The number of nitrogens with one attached hydrogen (secondary N) is 1. The number of rotatable bonds is 6. The molecule has 0 saturated heterocycles. The Hall–Kier alpha value is -3.00. The van der Waals surface area contributed by atoms with E-state index in [9.17, 15) is 4.79 Å². The Morgan fingerprint density at radius 1 is 1.11 bits per heavy atom. The highest BCUT2D eigenvalue weighted by Crippen LogP contribution is 2.35. The zero-order valence-electron chi connectivity index (χ0n) is 14.9. The number of hydrogen-bond donors (Lipinski definition) is 1. The third-order valence-corrected chi connectivity index (χ3v) is 4.38. The lowest BCUT2D eigenvalue weighted by Crippen LogP contribution is -2.16. The van der Waals surface area contributed by atoms with Gasteiger partial charge in [-0.1, -0.05) is 12.1 Å². The molecule has 27 heavy (non-hydrogen) atoms. The number of fused-ring (bicyclic) bond motifs is 1. The molecule has 0 aliphatic rings. The third-order valence-electron chi connectivity index (χ3n) is 3.79. The lowest BCUT2D eigenvalue weighted by Gasteiger charge is -2.10. The maximum atomic E-state index is 12.3. The smallest absolute Gasteiger partial charge is 0.307 e. The maximum Gasteiger partial charge on any atom is 0.307 e. The van der Waals surface area contributed by atoms with Crippen molar-refractivity contribution in [3.05, 3.63) is 52.2 Å². The van der Waals surface area contributed by atoms with E-state index in [1.807, 2.05) is 12.1 Å². The Kier molecular flexibility index (Phi) is 5.66. The molecule has 0 radical (unpaired) electrons. The van der Waals surface area contributed by atoms with Gasteiger partial charge in [0.25, 0.3) is 0 Å². The van der Waals surface area contributed by atoms with Crippen LogP contribution in [0.5, 0.6) is 17.2 Å². The molecule has 7 nitrogen and oxygen atoms in total. The third kappa shape index (κ3) is 3.90. The van der Waals surface area contributed by atoms with Gasteiger partial charge in [0.2, 0.25) is 0 Å². The summed E-state index contributed by atoms with van der Waals surface area (Å²) in [6.45, 7) is 0. The van der Waals surface area contributed by atoms with E-state index in [2.05, 4.69) is 26.5 Å². The number of amides is 1. The van der Waals surface area contributed by atoms with Crippen molar-refractivity contribution in [1.82, 2.24) is 5.43 Å². The van der Waals surface area contributed by atoms with Crippen molar-refractivity contribution in [3.8, 4) is 17.2 Å². The first-order chi connectivity index (χ1) is 13.1. The number of ether oxygens (including phenoxy) is 3. The zero-order chi connectivity index (χ0) is 19.4. The molecule has 1 heterocycles. The van der Waals surface area contributed by atoms with E-state index in [0.29, 0.717) is 32.9 Å². The van der Waals surface area contributed by atoms with Gasteiger partial charge in [0.15, 0.2) is 28.6 Å². The van der Waals surface area contributed by atoms with Crippen LogP contribution in [0.4, 0.5) is 0 Å². The fourth-order valence-electron chi connectivity index (χ4n) is 2.54. The minimum Gasteiger partial charge on any atom is -0.493 e. The molecule has 3 rings (SSSR count). The van der Waals surface area contributed by atoms with Gasteiger partial charge in [-0.15, -0.1) is 0 Å². The van der Waals surface area contributed by atoms with Crippen molar-refractivity contribution < 1.29 is 23.4 Å². The average molecular weight is 433 g/mol. The van der Waals surface area contributed by atoms with Gasteiger partial charge in [0.1, 0.15) is 0 Å². The Morgan fingerprint density at radius 2 is 1.89 bits per heavy atom. The molecule has 0 fully saturated rings. The van der Waals surface area contributed by atoms with Crippen LogP contribution in [0.15, 0.2) is 50.4 Å². The quantitative estimate of drug-likeness (QED) is 0.470. The molecule has 0 bridgehead atoms. The number of hydrogen-bond acceptors (Lipinski definition) is 6. The Labute approximate surface area is 164 Å². The van der Waals surface area contributed by atoms with Gasteiger partial charge in [0.05, 0.1) is 32.0 Å². The monoisotopic (exact) mass is 432 g/mol. The first kappa shape index (κ1) is 18.8. The maximum absolute atomic E-state index is 12.3. The van der Waals surface area contributed by atoms with E-state index in [1.165, 1.54) is 6.21 Å². The standard InChI is InChI=1S/C19H17BrN2O5/c1-24-14-6-4-5-12-9-16(27-17(12)14)19(23)22-21-10-11-7-13(20)18(26-3)15(8-11)25-2/h4-10H,1-3H3,(H,22,23)/b21-10-. The van der Waals surface area contributed by atoms with Crippen molar-refractivity contribution in [2.45, 2.75) is 0 Å². The number of carbonyl (C=O) groups is 1. The lowest BCUT2D eigenvalue weighted by atomic mass is 10.2. The summed E-state index contributed by atoms with van der Waals surface area (Å²) in [6, 6.07) is 10.6. The van der Waals surface area contributed by atoms with Crippen molar-refractivity contribution in [3.63, 3.8) is 0 Å². The number of hydrazone groups is 1. The second-order valence-corrected chi connectivity index (χ2v) is 6.28. The molecule has 1 amide bonds. The van der Waals surface area contributed by atoms with Crippen LogP contribution in [0.1, 0.15) is 16.1 Å². The Balaban J connectivity index is 1.77. The van der Waals surface area contributed by atoms with Crippen molar-refractivity contribution in [2.75, 3.05) is 21.3 Å². The van der Waals surface area contributed by atoms with Crippen LogP contribution >= 0.6 is 15.9 Å². The molecule has 0 unspecified atom stereocenters. The lowest BCUT2D eigenvalue weighted by molar-refractivity contribution is 0.0929. The first-order valence-electron chi connectivity index (χ1n) is 7.89. The molecule has 0 spiro atoms. The Morgan fingerprint density at radius 3 is 2.59 bits per heavy atom. The number of halogens is 1. The second-order valence-electron chi connectivity index (χ2n) is 5.43. The zero-order valence-corrected chi connectivity index (χ0v) is 16.5. The van der Waals surface area contributed by atoms with Crippen LogP contribution in [0.3, 0.4) is 0 Å². The highest BCUT2D eigenvalue weighted by atomic mass is 79.9. The predicted octanol–water partition coefficient (Wildman–Crippen LogP) is 3.99. The number of nitrogens with zero attached hydrogens (tertiary/aromatic N) is 1. The number of methoxy groups -OCH3 is 3. The fraction of sp³-hybridized carbons (Fsp3) is 0.158. The number of para-hydroxylation sites is 1. The summed E-state index contributed by atoms with van der Waals surface area (Å²) >= 11 is 3.41. The topological polar surface area (TPSA) is 82.3 Å². The highest BCUT2D eigenvalue weighted by molar-refractivity contribution is 9.10. The van der Waals surface area contributed by atoms with Gasteiger partial charge in [-0.25, -0.2) is 5.43 Å². The van der Waals surface area contributed by atoms with Gasteiger partial charge in [0, 0.05) is 5.39 Å². The average Bonchev–Trinajstić information content (AvgIpc) is 3.11. The van der Waals surface area contributed by atoms with Crippen LogP contribution in [0, 0.1) is 0 Å². The van der Waals surface area contributed by atoms with Crippen LogP contribution in [0.25, 0.3) is 11.0 Å². The van der Waals surface area contributed by atoms with Crippen LogP contribution < -0.4 is 19.6 Å².